The van der Waals surface area contributed by atoms with Gasteiger partial charge in [-0.15, -0.1) is 0 Å². The average Bonchev–Trinajstić information content (AvgIpc) is 2.43. The van der Waals surface area contributed by atoms with E-state index < -0.39 is 0 Å². The molecular weight excluding hydrogens is 210 g/mol. The molecule has 0 aliphatic rings. The first-order valence-electron chi connectivity index (χ1n) is 6.01. The predicted octanol–water partition coefficient (Wildman–Crippen LogP) is 2.70. The highest BCUT2D eigenvalue weighted by Crippen LogP contribution is 2.21. The van der Waals surface area contributed by atoms with Crippen molar-refractivity contribution in [2.24, 2.45) is 5.73 Å². The second kappa shape index (κ2) is 3.84. The van der Waals surface area contributed by atoms with Gasteiger partial charge in [0.2, 0.25) is 0 Å². The van der Waals surface area contributed by atoms with Crippen molar-refractivity contribution in [3.8, 4) is 0 Å². The number of benzene rings is 1. The molecule has 0 aliphatic carbocycles. The molecule has 17 heavy (non-hydrogen) atoms. The minimum atomic E-state index is -0.225. The van der Waals surface area contributed by atoms with Gasteiger partial charge in [-0.25, -0.2) is 4.98 Å². The van der Waals surface area contributed by atoms with Gasteiger partial charge in [0.05, 0.1) is 11.0 Å². The van der Waals surface area contributed by atoms with Crippen LogP contribution < -0.4 is 5.73 Å². The van der Waals surface area contributed by atoms with Crippen LogP contribution in [0.4, 0.5) is 0 Å². The Labute approximate surface area is 103 Å². The first-order chi connectivity index (χ1) is 7.78. The molecule has 0 saturated carbocycles. The number of imidazole rings is 1. The molecule has 0 spiro atoms. The van der Waals surface area contributed by atoms with Gasteiger partial charge in [-0.1, -0.05) is 0 Å². The quantitative estimate of drug-likeness (QED) is 0.863. The number of aromatic nitrogens is 2. The lowest BCUT2D eigenvalue weighted by molar-refractivity contribution is 0.435. The van der Waals surface area contributed by atoms with Crippen molar-refractivity contribution in [3.63, 3.8) is 0 Å². The van der Waals surface area contributed by atoms with Crippen LogP contribution in [0.1, 0.15) is 30.8 Å². The Morgan fingerprint density at radius 1 is 1.18 bits per heavy atom. The van der Waals surface area contributed by atoms with Crippen molar-refractivity contribution in [2.75, 3.05) is 0 Å². The fourth-order valence-electron chi connectivity index (χ4n) is 2.11. The third-order valence-electron chi connectivity index (χ3n) is 3.12. The standard InChI is InChI=1S/C14H21N3/c1-9-6-12-13(7-10(9)2)17(11(3)16-12)8-14(4,5)15/h6-7H,8,15H2,1-5H3. The molecule has 1 aromatic carbocycles. The lowest BCUT2D eigenvalue weighted by atomic mass is 10.1. The lowest BCUT2D eigenvalue weighted by Gasteiger charge is -2.20. The summed E-state index contributed by atoms with van der Waals surface area (Å²) in [5, 5.41) is 0. The molecule has 1 aromatic heterocycles. The summed E-state index contributed by atoms with van der Waals surface area (Å²) in [6.45, 7) is 11.2. The number of nitrogens with zero attached hydrogens (tertiary/aromatic N) is 2. The average molecular weight is 231 g/mol. The topological polar surface area (TPSA) is 43.8 Å². The van der Waals surface area contributed by atoms with E-state index >= 15 is 0 Å². The molecule has 1 heterocycles. The van der Waals surface area contributed by atoms with Crippen molar-refractivity contribution in [1.82, 2.24) is 9.55 Å². The summed E-state index contributed by atoms with van der Waals surface area (Å²) in [6, 6.07) is 4.36. The van der Waals surface area contributed by atoms with E-state index in [1.54, 1.807) is 0 Å². The number of nitrogens with two attached hydrogens (primary N) is 1. The van der Waals surface area contributed by atoms with Gasteiger partial charge in [0.1, 0.15) is 5.82 Å². The van der Waals surface area contributed by atoms with Crippen molar-refractivity contribution in [1.29, 1.82) is 0 Å². The van der Waals surface area contributed by atoms with Gasteiger partial charge >= 0.3 is 0 Å². The Bertz CT molecular complexity index is 559. The Kier molecular flexibility index (Phi) is 2.74. The summed E-state index contributed by atoms with van der Waals surface area (Å²) in [5.41, 5.74) is 10.7. The fourth-order valence-corrected chi connectivity index (χ4v) is 2.11. The van der Waals surface area contributed by atoms with Crippen LogP contribution in [0.3, 0.4) is 0 Å². The molecule has 2 N–H and O–H groups in total. The van der Waals surface area contributed by atoms with E-state index in [9.17, 15) is 0 Å². The highest BCUT2D eigenvalue weighted by atomic mass is 15.1. The maximum Gasteiger partial charge on any atom is 0.106 e. The Morgan fingerprint density at radius 3 is 2.35 bits per heavy atom. The van der Waals surface area contributed by atoms with Crippen molar-refractivity contribution in [3.05, 3.63) is 29.1 Å². The highest BCUT2D eigenvalue weighted by molar-refractivity contribution is 5.78. The van der Waals surface area contributed by atoms with Gasteiger partial charge in [-0.3, -0.25) is 0 Å². The Morgan fingerprint density at radius 2 is 1.76 bits per heavy atom. The molecule has 0 amide bonds. The van der Waals surface area contributed by atoms with Crippen molar-refractivity contribution >= 4 is 11.0 Å². The zero-order valence-electron chi connectivity index (χ0n) is 11.3. The van der Waals surface area contributed by atoms with Gasteiger partial charge < -0.3 is 10.3 Å². The van der Waals surface area contributed by atoms with Gasteiger partial charge in [-0.2, -0.15) is 0 Å². The monoisotopic (exact) mass is 231 g/mol. The molecule has 92 valence electrons. The second-order valence-corrected chi connectivity index (χ2v) is 5.66. The number of fused-ring (bicyclic) bond motifs is 1. The minimum absolute atomic E-state index is 0.225. The largest absolute Gasteiger partial charge is 0.326 e. The van der Waals surface area contributed by atoms with E-state index in [4.69, 9.17) is 5.73 Å². The number of aryl methyl sites for hydroxylation is 3. The van der Waals surface area contributed by atoms with Crippen LogP contribution in [0.15, 0.2) is 12.1 Å². The van der Waals surface area contributed by atoms with Crippen LogP contribution in [0.5, 0.6) is 0 Å². The minimum Gasteiger partial charge on any atom is -0.326 e. The van der Waals surface area contributed by atoms with Crippen LogP contribution in [0.25, 0.3) is 11.0 Å². The van der Waals surface area contributed by atoms with Gasteiger partial charge in [0.25, 0.3) is 0 Å². The van der Waals surface area contributed by atoms with Gasteiger partial charge in [-0.05, 0) is 57.9 Å². The van der Waals surface area contributed by atoms with Crippen molar-refractivity contribution in [2.45, 2.75) is 46.7 Å². The van der Waals surface area contributed by atoms with Crippen LogP contribution >= 0.6 is 0 Å². The zero-order chi connectivity index (χ0) is 12.8. The van der Waals surface area contributed by atoms with Gasteiger partial charge in [0.15, 0.2) is 0 Å². The molecule has 0 fully saturated rings. The normalized spacial score (nSPS) is 12.4. The van der Waals surface area contributed by atoms with Crippen molar-refractivity contribution < 1.29 is 0 Å². The molecule has 0 unspecified atom stereocenters. The number of hydrogen-bond donors (Lipinski definition) is 1. The highest BCUT2D eigenvalue weighted by Gasteiger charge is 2.16. The predicted molar refractivity (Wildman–Crippen MR) is 72.2 cm³/mol. The lowest BCUT2D eigenvalue weighted by Crippen LogP contribution is -2.37. The van der Waals surface area contributed by atoms with Crippen LogP contribution in [-0.4, -0.2) is 15.1 Å². The molecule has 0 bridgehead atoms. The van der Waals surface area contributed by atoms with Crippen LogP contribution in [0.2, 0.25) is 0 Å². The smallest absolute Gasteiger partial charge is 0.106 e. The second-order valence-electron chi connectivity index (χ2n) is 5.66. The third kappa shape index (κ3) is 2.34. The summed E-state index contributed by atoms with van der Waals surface area (Å²) in [6.07, 6.45) is 0. The molecule has 0 aliphatic heterocycles. The molecular formula is C14H21N3. The zero-order valence-corrected chi connectivity index (χ0v) is 11.3. The maximum absolute atomic E-state index is 6.11. The molecule has 2 rings (SSSR count). The van der Waals surface area contributed by atoms with Crippen LogP contribution in [-0.2, 0) is 6.54 Å². The number of rotatable bonds is 2. The van der Waals surface area contributed by atoms with Gasteiger partial charge in [0, 0.05) is 12.1 Å². The third-order valence-corrected chi connectivity index (χ3v) is 3.12. The van der Waals surface area contributed by atoms with E-state index in [0.717, 1.165) is 17.9 Å². The fraction of sp³-hybridized carbons (Fsp3) is 0.500. The van der Waals surface area contributed by atoms with E-state index in [1.165, 1.54) is 16.6 Å². The van der Waals surface area contributed by atoms with E-state index in [-0.39, 0.29) is 5.54 Å². The number of hydrogen-bond acceptors (Lipinski definition) is 2. The SMILES string of the molecule is Cc1cc2nc(C)n(CC(C)(C)N)c2cc1C. The Balaban J connectivity index is 2.63. The molecule has 0 saturated heterocycles. The summed E-state index contributed by atoms with van der Waals surface area (Å²) in [4.78, 5) is 4.61. The van der Waals surface area contributed by atoms with E-state index in [1.807, 2.05) is 20.8 Å². The molecule has 2 aromatic rings. The van der Waals surface area contributed by atoms with E-state index in [2.05, 4.69) is 35.5 Å². The maximum atomic E-state index is 6.11. The van der Waals surface area contributed by atoms with Crippen LogP contribution in [0, 0.1) is 20.8 Å². The summed E-state index contributed by atoms with van der Waals surface area (Å²) >= 11 is 0. The summed E-state index contributed by atoms with van der Waals surface area (Å²) in [5.74, 6) is 1.03. The van der Waals surface area contributed by atoms with E-state index in [0.29, 0.717) is 0 Å². The molecule has 3 heteroatoms. The Hall–Kier alpha value is -1.35. The first-order valence-corrected chi connectivity index (χ1v) is 6.01. The molecule has 0 atom stereocenters. The molecule has 3 nitrogen and oxygen atoms in total. The summed E-state index contributed by atoms with van der Waals surface area (Å²) < 4.78 is 2.21. The summed E-state index contributed by atoms with van der Waals surface area (Å²) in [7, 11) is 0. The molecule has 0 radical (unpaired) electrons. The first kappa shape index (κ1) is 12.1.